The number of phenolic OH excluding ortho intramolecular Hbond substituents is 1. The molecular weight excluding hydrogens is 697 g/mol. The number of amides is 4. The first-order chi connectivity index (χ1) is 25.2. The molecule has 0 saturated carbocycles. The molecule has 1 aliphatic carbocycles. The first-order valence-electron chi connectivity index (χ1n) is 19.1. The normalized spacial score (nSPS) is 20.5. The largest absolute Gasteiger partial charge is 0.508 e. The summed E-state index contributed by atoms with van der Waals surface area (Å²) in [7, 11) is 1.94. The highest BCUT2D eigenvalue weighted by molar-refractivity contribution is 7.09. The Balaban J connectivity index is 1.48. The number of thiazole rings is 1. The number of primary amides is 1. The molecule has 5 N–H and O–H groups in total. The molecular formula is C39H58N6O7S. The Bertz CT molecular complexity index is 1600. The lowest BCUT2D eigenvalue weighted by molar-refractivity contribution is -0.159. The van der Waals surface area contributed by atoms with Crippen LogP contribution in [0.15, 0.2) is 23.6 Å². The highest BCUT2D eigenvalue weighted by Crippen LogP contribution is 2.34. The van der Waals surface area contributed by atoms with Crippen LogP contribution in [0.4, 0.5) is 0 Å². The molecule has 13 nitrogen and oxygen atoms in total. The summed E-state index contributed by atoms with van der Waals surface area (Å²) in [4.78, 5) is 74.5. The van der Waals surface area contributed by atoms with E-state index in [1.54, 1.807) is 28.5 Å². The van der Waals surface area contributed by atoms with Gasteiger partial charge in [0.1, 0.15) is 17.5 Å². The van der Waals surface area contributed by atoms with Crippen LogP contribution in [0, 0.1) is 11.8 Å². The number of likely N-dealkylation sites (N-methyl/N-ethyl adjacent to an activating group) is 1. The fourth-order valence-electron chi connectivity index (χ4n) is 7.40. The molecule has 2 aliphatic rings. The van der Waals surface area contributed by atoms with Gasteiger partial charge in [-0.2, -0.15) is 0 Å². The van der Waals surface area contributed by atoms with E-state index in [9.17, 15) is 29.1 Å². The number of benzene rings is 1. The van der Waals surface area contributed by atoms with Crippen molar-refractivity contribution in [2.24, 2.45) is 17.6 Å². The maximum absolute atomic E-state index is 14.5. The number of fused-ring (bicyclic) bond motifs is 1. The molecule has 0 spiro atoms. The van der Waals surface area contributed by atoms with Crippen LogP contribution in [0.25, 0.3) is 0 Å². The molecule has 0 radical (unpaired) electrons. The minimum Gasteiger partial charge on any atom is -0.508 e. The molecule has 1 aromatic heterocycles. The lowest BCUT2D eigenvalue weighted by atomic mass is 9.79. The summed E-state index contributed by atoms with van der Waals surface area (Å²) < 4.78 is 5.65. The number of aromatic nitrogens is 1. The second-order valence-corrected chi connectivity index (χ2v) is 15.9. The van der Waals surface area contributed by atoms with Gasteiger partial charge in [0.2, 0.25) is 17.7 Å². The number of aromatic hydroxyl groups is 1. The number of esters is 1. The smallest absolute Gasteiger partial charge is 0.307 e. The minimum atomic E-state index is -0.796. The van der Waals surface area contributed by atoms with Crippen molar-refractivity contribution in [3.63, 3.8) is 0 Å². The summed E-state index contributed by atoms with van der Waals surface area (Å²) in [6.07, 6.45) is 5.99. The molecule has 1 fully saturated rings. The van der Waals surface area contributed by atoms with Gasteiger partial charge in [-0.25, -0.2) is 4.98 Å². The van der Waals surface area contributed by atoms with Crippen molar-refractivity contribution >= 4 is 40.9 Å². The van der Waals surface area contributed by atoms with E-state index in [0.29, 0.717) is 49.1 Å². The van der Waals surface area contributed by atoms with E-state index in [1.807, 2.05) is 46.6 Å². The van der Waals surface area contributed by atoms with E-state index in [-0.39, 0.29) is 72.3 Å². The number of likely N-dealkylation sites (tertiary alicyclic amines) is 1. The molecule has 1 aliphatic heterocycles. The second-order valence-electron chi connectivity index (χ2n) is 15.0. The van der Waals surface area contributed by atoms with Crippen LogP contribution in [-0.4, -0.2) is 94.0 Å². The zero-order valence-electron chi connectivity index (χ0n) is 32.1. The van der Waals surface area contributed by atoms with Gasteiger partial charge in [-0.15, -0.1) is 11.3 Å². The lowest BCUT2D eigenvalue weighted by Crippen LogP contribution is -2.59. The van der Waals surface area contributed by atoms with Crippen molar-refractivity contribution in [3.05, 3.63) is 45.4 Å². The number of nitrogens with two attached hydrogens (primary N) is 1. The standard InChI is InChI=1S/C39H58N6O7S/c1-7-11-34(47)52-22-45(39(51)35(24(5)8-2)43-38(50)32-12-9-10-17-44(32)6)31(23(3)4)15-16-33-42-30(21-53-33)37(49)41-26-18-25-13-14-27(46)20-28(25)29(19-26)36(40)48/h13-14,20-21,23-24,26,29,31-32,35,46H,7-12,15-19,22H2,1-6H3,(H2,40,48)(H,41,49)(H,43,50)/t24?,26-,29?,31+,32?,35?/m0/s1. The average Bonchev–Trinajstić information content (AvgIpc) is 3.60. The monoisotopic (exact) mass is 754 g/mol. The number of ether oxygens (including phenoxy) is 1. The first-order valence-corrected chi connectivity index (χ1v) is 19.9. The van der Waals surface area contributed by atoms with E-state index in [2.05, 4.69) is 15.6 Å². The highest BCUT2D eigenvalue weighted by atomic mass is 32.1. The van der Waals surface area contributed by atoms with Gasteiger partial charge in [0.25, 0.3) is 5.91 Å². The molecule has 53 heavy (non-hydrogen) atoms. The molecule has 1 aromatic carbocycles. The SMILES string of the molecule is CCCC(=O)OCN(C(=O)C(NC(=O)C1CCCCN1C)C(C)CC)[C@H](CCc1nc(C(=O)N[C@H]2Cc3ccc(O)cc3C(C(N)=O)C2)cs1)C(C)C. The molecule has 2 aromatic rings. The number of hydrogen-bond acceptors (Lipinski definition) is 10. The van der Waals surface area contributed by atoms with Crippen LogP contribution in [-0.2, 0) is 36.8 Å². The molecule has 4 rings (SSSR count). The Morgan fingerprint density at radius 1 is 1.15 bits per heavy atom. The zero-order valence-corrected chi connectivity index (χ0v) is 32.9. The van der Waals surface area contributed by atoms with Crippen molar-refractivity contribution in [2.45, 2.75) is 129 Å². The summed E-state index contributed by atoms with van der Waals surface area (Å²) in [6.45, 7) is 10.4. The molecule has 1 saturated heterocycles. The third-order valence-electron chi connectivity index (χ3n) is 10.7. The zero-order chi connectivity index (χ0) is 38.8. The van der Waals surface area contributed by atoms with Crippen LogP contribution >= 0.6 is 11.3 Å². The Morgan fingerprint density at radius 3 is 2.57 bits per heavy atom. The summed E-state index contributed by atoms with van der Waals surface area (Å²) in [6, 6.07) is 3.06. The van der Waals surface area contributed by atoms with Gasteiger partial charge < -0.3 is 31.1 Å². The van der Waals surface area contributed by atoms with Gasteiger partial charge >= 0.3 is 5.97 Å². The number of phenols is 1. The van der Waals surface area contributed by atoms with Crippen molar-refractivity contribution in [1.29, 1.82) is 0 Å². The number of piperidine rings is 1. The number of rotatable bonds is 17. The Labute approximate surface area is 317 Å². The fourth-order valence-corrected chi connectivity index (χ4v) is 8.19. The Kier molecular flexibility index (Phi) is 15.2. The highest BCUT2D eigenvalue weighted by Gasteiger charge is 2.38. The maximum atomic E-state index is 14.5. The lowest BCUT2D eigenvalue weighted by Gasteiger charge is -2.39. The van der Waals surface area contributed by atoms with Gasteiger partial charge in [0.15, 0.2) is 6.73 Å². The number of carbonyl (C=O) groups is 5. The molecule has 292 valence electrons. The number of carbonyl (C=O) groups excluding carboxylic acids is 5. The predicted molar refractivity (Wildman–Crippen MR) is 203 cm³/mol. The van der Waals surface area contributed by atoms with Gasteiger partial charge in [-0.05, 0) is 87.2 Å². The van der Waals surface area contributed by atoms with Crippen molar-refractivity contribution in [3.8, 4) is 5.75 Å². The van der Waals surface area contributed by atoms with Crippen LogP contribution in [0.3, 0.4) is 0 Å². The molecule has 4 unspecified atom stereocenters. The maximum Gasteiger partial charge on any atom is 0.307 e. The van der Waals surface area contributed by atoms with E-state index in [4.69, 9.17) is 10.5 Å². The van der Waals surface area contributed by atoms with Gasteiger partial charge in [0.05, 0.1) is 17.0 Å². The molecule has 2 heterocycles. The number of nitrogens with one attached hydrogen (secondary N) is 2. The third-order valence-corrected chi connectivity index (χ3v) is 11.6. The van der Waals surface area contributed by atoms with E-state index in [0.717, 1.165) is 31.4 Å². The van der Waals surface area contributed by atoms with Crippen molar-refractivity contribution in [2.75, 3.05) is 20.3 Å². The fraction of sp³-hybridized carbons (Fsp3) is 0.641. The van der Waals surface area contributed by atoms with E-state index in [1.165, 1.54) is 11.3 Å². The molecule has 0 bridgehead atoms. The van der Waals surface area contributed by atoms with Crippen molar-refractivity contribution < 1.29 is 33.8 Å². The van der Waals surface area contributed by atoms with Gasteiger partial charge in [0, 0.05) is 30.3 Å². The number of nitrogens with zero attached hydrogens (tertiary/aromatic N) is 3. The van der Waals surface area contributed by atoms with E-state index >= 15 is 0 Å². The summed E-state index contributed by atoms with van der Waals surface area (Å²) in [5.74, 6) is -2.49. The summed E-state index contributed by atoms with van der Waals surface area (Å²) in [5, 5.41) is 18.4. The first kappa shape index (κ1) is 41.7. The second kappa shape index (κ2) is 19.3. The van der Waals surface area contributed by atoms with Gasteiger partial charge in [-0.3, -0.25) is 28.9 Å². The number of hydrogen-bond donors (Lipinski definition) is 4. The van der Waals surface area contributed by atoms with Crippen LogP contribution in [0.1, 0.15) is 119 Å². The Hall–Kier alpha value is -4.04. The Morgan fingerprint density at radius 2 is 1.91 bits per heavy atom. The van der Waals surface area contributed by atoms with E-state index < -0.39 is 23.8 Å². The quantitative estimate of drug-likeness (QED) is 0.135. The molecule has 4 amide bonds. The van der Waals surface area contributed by atoms with Crippen LogP contribution in [0.5, 0.6) is 5.75 Å². The summed E-state index contributed by atoms with van der Waals surface area (Å²) >= 11 is 1.35. The predicted octanol–water partition coefficient (Wildman–Crippen LogP) is 4.26. The average molecular weight is 755 g/mol. The minimum absolute atomic E-state index is 0.0291. The number of aryl methyl sites for hydroxylation is 1. The topological polar surface area (TPSA) is 184 Å². The van der Waals surface area contributed by atoms with Gasteiger partial charge in [-0.1, -0.05) is 53.5 Å². The summed E-state index contributed by atoms with van der Waals surface area (Å²) in [5.41, 5.74) is 7.47. The molecule has 6 atom stereocenters. The van der Waals surface area contributed by atoms with Crippen molar-refractivity contribution in [1.82, 2.24) is 25.4 Å². The van der Waals surface area contributed by atoms with Crippen LogP contribution < -0.4 is 16.4 Å². The molecule has 14 heteroatoms. The third kappa shape index (κ3) is 11.0. The van der Waals surface area contributed by atoms with Crippen LogP contribution in [0.2, 0.25) is 0 Å².